The van der Waals surface area contributed by atoms with Crippen molar-refractivity contribution < 1.29 is 14.3 Å². The van der Waals surface area contributed by atoms with E-state index in [0.29, 0.717) is 18.0 Å². The summed E-state index contributed by atoms with van der Waals surface area (Å²) < 4.78 is 5.28. The van der Waals surface area contributed by atoms with Crippen LogP contribution >= 0.6 is 0 Å². The van der Waals surface area contributed by atoms with Crippen molar-refractivity contribution in [3.8, 4) is 5.75 Å². The minimum atomic E-state index is -0.393. The van der Waals surface area contributed by atoms with Crippen LogP contribution in [0.2, 0.25) is 0 Å². The molecule has 1 aliphatic heterocycles. The molecule has 1 heterocycles. The quantitative estimate of drug-likeness (QED) is 0.890. The molecule has 1 aliphatic rings. The minimum absolute atomic E-state index is 0.0214. The van der Waals surface area contributed by atoms with Crippen LogP contribution in [0.4, 0.5) is 11.4 Å². The highest BCUT2D eigenvalue weighted by molar-refractivity contribution is 6.04. The van der Waals surface area contributed by atoms with E-state index in [-0.39, 0.29) is 23.7 Å². The Hall–Kier alpha value is -2.82. The van der Waals surface area contributed by atoms with Gasteiger partial charge in [0, 0.05) is 18.7 Å². The number of benzene rings is 2. The van der Waals surface area contributed by atoms with Gasteiger partial charge >= 0.3 is 0 Å². The van der Waals surface area contributed by atoms with Gasteiger partial charge < -0.3 is 15.0 Å². The first-order valence-corrected chi connectivity index (χ1v) is 9.15. The molecule has 27 heavy (non-hydrogen) atoms. The van der Waals surface area contributed by atoms with Crippen molar-refractivity contribution in [2.24, 2.45) is 5.92 Å². The minimum Gasteiger partial charge on any atom is -0.495 e. The van der Waals surface area contributed by atoms with Crippen molar-refractivity contribution in [2.45, 2.75) is 32.6 Å². The molecule has 2 aromatic carbocycles. The summed E-state index contributed by atoms with van der Waals surface area (Å²) in [7, 11) is 1.56. The number of nitrogens with zero attached hydrogens (tertiary/aromatic N) is 1. The lowest BCUT2D eigenvalue weighted by Crippen LogP contribution is -2.30. The molecule has 1 unspecified atom stereocenters. The summed E-state index contributed by atoms with van der Waals surface area (Å²) in [6.07, 6.45) is 0.208. The lowest BCUT2D eigenvalue weighted by Gasteiger charge is -2.27. The Morgan fingerprint density at radius 2 is 1.78 bits per heavy atom. The maximum absolute atomic E-state index is 12.7. The summed E-state index contributed by atoms with van der Waals surface area (Å²) in [5.41, 5.74) is 2.52. The fraction of sp³-hybridized carbons (Fsp3) is 0.364. The number of nitrogens with one attached hydrogen (secondary N) is 1. The van der Waals surface area contributed by atoms with E-state index in [1.54, 1.807) is 24.1 Å². The molecule has 0 radical (unpaired) electrons. The first-order valence-electron chi connectivity index (χ1n) is 9.15. The van der Waals surface area contributed by atoms with E-state index in [0.717, 1.165) is 11.3 Å². The molecule has 1 fully saturated rings. The van der Waals surface area contributed by atoms with E-state index < -0.39 is 5.92 Å². The van der Waals surface area contributed by atoms with Gasteiger partial charge in [-0.05, 0) is 29.2 Å². The maximum atomic E-state index is 12.7. The number of anilines is 2. The molecule has 5 heteroatoms. The predicted octanol–water partition coefficient (Wildman–Crippen LogP) is 3.98. The van der Waals surface area contributed by atoms with Crippen LogP contribution in [-0.4, -0.2) is 25.5 Å². The Morgan fingerprint density at radius 3 is 2.48 bits per heavy atom. The van der Waals surface area contributed by atoms with E-state index in [1.807, 2.05) is 36.4 Å². The molecule has 5 nitrogen and oxygen atoms in total. The molecule has 3 rings (SSSR count). The molecule has 0 bridgehead atoms. The summed E-state index contributed by atoms with van der Waals surface area (Å²) >= 11 is 0. The van der Waals surface area contributed by atoms with Crippen molar-refractivity contribution in [2.75, 3.05) is 23.9 Å². The van der Waals surface area contributed by atoms with E-state index in [9.17, 15) is 9.59 Å². The lowest BCUT2D eigenvalue weighted by molar-refractivity contribution is -0.122. The maximum Gasteiger partial charge on any atom is 0.229 e. The Balaban J connectivity index is 1.79. The van der Waals surface area contributed by atoms with Crippen molar-refractivity contribution in [3.63, 3.8) is 0 Å². The van der Waals surface area contributed by atoms with Gasteiger partial charge in [0.05, 0.1) is 18.7 Å². The molecular formula is C22H26N2O3. The molecule has 0 aromatic heterocycles. The summed E-state index contributed by atoms with van der Waals surface area (Å²) in [5, 5.41) is 2.90. The van der Waals surface area contributed by atoms with Gasteiger partial charge in [-0.15, -0.1) is 0 Å². The van der Waals surface area contributed by atoms with Crippen LogP contribution in [-0.2, 0) is 15.0 Å². The molecule has 0 spiro atoms. The predicted molar refractivity (Wildman–Crippen MR) is 107 cm³/mol. The SMILES string of the molecule is COc1ccccc1NC(=O)C1CC(=O)N(c2ccccc2C(C)(C)C)C1. The average Bonchev–Trinajstić information content (AvgIpc) is 3.03. The van der Waals surface area contributed by atoms with Gasteiger partial charge in [-0.3, -0.25) is 9.59 Å². The number of amides is 2. The standard InChI is InChI=1S/C22H26N2O3/c1-22(2,3)16-9-5-7-11-18(16)24-14-15(13-20(24)25)21(26)23-17-10-6-8-12-19(17)27-4/h5-12,15H,13-14H2,1-4H3,(H,23,26). The van der Waals surface area contributed by atoms with Crippen molar-refractivity contribution >= 4 is 23.2 Å². The second-order valence-electron chi connectivity index (χ2n) is 7.86. The zero-order valence-corrected chi connectivity index (χ0v) is 16.3. The number of para-hydroxylation sites is 3. The van der Waals surface area contributed by atoms with Gasteiger partial charge in [-0.25, -0.2) is 0 Å². The number of hydrogen-bond acceptors (Lipinski definition) is 3. The fourth-order valence-electron chi connectivity index (χ4n) is 3.44. The van der Waals surface area contributed by atoms with E-state index in [4.69, 9.17) is 4.74 Å². The molecule has 0 saturated carbocycles. The van der Waals surface area contributed by atoms with E-state index in [1.165, 1.54) is 0 Å². The summed E-state index contributed by atoms with van der Waals surface area (Å²) in [4.78, 5) is 27.2. The average molecular weight is 366 g/mol. The Kier molecular flexibility index (Phi) is 5.22. The molecule has 2 amide bonds. The smallest absolute Gasteiger partial charge is 0.229 e. The number of carbonyl (C=O) groups is 2. The second kappa shape index (κ2) is 7.43. The largest absolute Gasteiger partial charge is 0.495 e. The van der Waals surface area contributed by atoms with E-state index in [2.05, 4.69) is 26.1 Å². The van der Waals surface area contributed by atoms with Crippen molar-refractivity contribution in [3.05, 3.63) is 54.1 Å². The third-order valence-electron chi connectivity index (χ3n) is 4.86. The topological polar surface area (TPSA) is 58.6 Å². The van der Waals surface area contributed by atoms with Gasteiger partial charge in [0.1, 0.15) is 5.75 Å². The highest BCUT2D eigenvalue weighted by Crippen LogP contribution is 2.35. The van der Waals surface area contributed by atoms with Gasteiger partial charge in [0.25, 0.3) is 0 Å². The van der Waals surface area contributed by atoms with Crippen LogP contribution in [0.1, 0.15) is 32.8 Å². The Bertz CT molecular complexity index is 855. The summed E-state index contributed by atoms with van der Waals surface area (Å²) in [6, 6.07) is 15.2. The molecule has 142 valence electrons. The first kappa shape index (κ1) is 19.0. The van der Waals surface area contributed by atoms with Crippen molar-refractivity contribution in [1.29, 1.82) is 0 Å². The molecule has 0 aliphatic carbocycles. The normalized spacial score (nSPS) is 17.1. The van der Waals surface area contributed by atoms with Gasteiger partial charge in [0.15, 0.2) is 0 Å². The molecule has 1 N–H and O–H groups in total. The zero-order valence-electron chi connectivity index (χ0n) is 16.3. The monoisotopic (exact) mass is 366 g/mol. The Labute approximate surface area is 160 Å². The summed E-state index contributed by atoms with van der Waals surface area (Å²) in [6.45, 7) is 6.75. The van der Waals surface area contributed by atoms with Gasteiger partial charge in [0.2, 0.25) is 11.8 Å². The number of rotatable bonds is 4. The third kappa shape index (κ3) is 3.97. The second-order valence-corrected chi connectivity index (χ2v) is 7.86. The van der Waals surface area contributed by atoms with Crippen LogP contribution in [0.3, 0.4) is 0 Å². The van der Waals surface area contributed by atoms with Crippen molar-refractivity contribution in [1.82, 2.24) is 0 Å². The highest BCUT2D eigenvalue weighted by Gasteiger charge is 2.37. The molecule has 1 atom stereocenters. The van der Waals surface area contributed by atoms with Gasteiger partial charge in [-0.2, -0.15) is 0 Å². The highest BCUT2D eigenvalue weighted by atomic mass is 16.5. The molecule has 1 saturated heterocycles. The fourth-order valence-corrected chi connectivity index (χ4v) is 3.44. The van der Waals surface area contributed by atoms with Crippen LogP contribution in [0.5, 0.6) is 5.75 Å². The molecular weight excluding hydrogens is 340 g/mol. The number of carbonyl (C=O) groups excluding carboxylic acids is 2. The third-order valence-corrected chi connectivity index (χ3v) is 4.86. The van der Waals surface area contributed by atoms with Crippen LogP contribution in [0.25, 0.3) is 0 Å². The van der Waals surface area contributed by atoms with Gasteiger partial charge in [-0.1, -0.05) is 51.1 Å². The number of hydrogen-bond donors (Lipinski definition) is 1. The van der Waals surface area contributed by atoms with Crippen LogP contribution in [0, 0.1) is 5.92 Å². The summed E-state index contributed by atoms with van der Waals surface area (Å²) in [5.74, 6) is 0.0241. The zero-order chi connectivity index (χ0) is 19.6. The molecule has 2 aromatic rings. The lowest BCUT2D eigenvalue weighted by atomic mass is 9.85. The van der Waals surface area contributed by atoms with Crippen LogP contribution in [0.15, 0.2) is 48.5 Å². The van der Waals surface area contributed by atoms with Crippen LogP contribution < -0.4 is 15.0 Å². The Morgan fingerprint density at radius 1 is 1.11 bits per heavy atom. The first-order chi connectivity index (χ1) is 12.8. The number of ether oxygens (including phenoxy) is 1. The number of methoxy groups -OCH3 is 1. The van der Waals surface area contributed by atoms with E-state index >= 15 is 0 Å².